The van der Waals surface area contributed by atoms with Crippen molar-refractivity contribution in [3.8, 4) is 0 Å². The van der Waals surface area contributed by atoms with Gasteiger partial charge < -0.3 is 13.6 Å². The minimum absolute atomic E-state index is 0.0484. The van der Waals surface area contributed by atoms with Gasteiger partial charge in [-0.3, -0.25) is 9.59 Å². The van der Waals surface area contributed by atoms with Crippen LogP contribution in [0.5, 0.6) is 0 Å². The van der Waals surface area contributed by atoms with E-state index in [2.05, 4.69) is 79.9 Å². The molecule has 0 spiro atoms. The SMILES string of the molecule is [2H]C1([2H])C(=O)O[C@H](CC)CCC[C@@H](O[Si](C)(C)C(C)(C)C)[C@H](C)C(=O)[C@]2([2H])C[C@@H]3[C@@H](C=C[C@@H]4C[C@@H](O[Si](C)(C)C(C)(C)C)C[C@@H]34)[C@H]12. The number of carbonyl (C=O) groups excluding carboxylic acids is 2. The van der Waals surface area contributed by atoms with Crippen LogP contribution in [0.25, 0.3) is 0 Å². The highest BCUT2D eigenvalue weighted by Crippen LogP contribution is 2.57. The molecule has 0 aromatic carbocycles. The average Bonchev–Trinajstić information content (AvgIpc) is 3.46. The first-order valence-electron chi connectivity index (χ1n) is 18.7. The van der Waals surface area contributed by atoms with E-state index in [1.807, 2.05) is 13.8 Å². The van der Waals surface area contributed by atoms with Crippen molar-refractivity contribution in [2.24, 2.45) is 41.4 Å². The summed E-state index contributed by atoms with van der Waals surface area (Å²) in [5.74, 6) is -4.70. The Morgan fingerprint density at radius 1 is 0.907 bits per heavy atom. The van der Waals surface area contributed by atoms with Crippen LogP contribution in [0, 0.1) is 41.4 Å². The van der Waals surface area contributed by atoms with Crippen molar-refractivity contribution in [2.45, 2.75) is 161 Å². The largest absolute Gasteiger partial charge is 0.462 e. The average molecular weight is 636 g/mol. The van der Waals surface area contributed by atoms with Crippen molar-refractivity contribution in [1.82, 2.24) is 0 Å². The van der Waals surface area contributed by atoms with Gasteiger partial charge in [0.25, 0.3) is 0 Å². The zero-order valence-corrected chi connectivity index (χ0v) is 31.3. The lowest BCUT2D eigenvalue weighted by Gasteiger charge is -2.41. The zero-order chi connectivity index (χ0) is 34.8. The van der Waals surface area contributed by atoms with E-state index in [1.54, 1.807) is 0 Å². The molecule has 5 nitrogen and oxygen atoms in total. The van der Waals surface area contributed by atoms with Gasteiger partial charge >= 0.3 is 5.97 Å². The molecule has 1 aliphatic heterocycles. The van der Waals surface area contributed by atoms with Gasteiger partial charge in [-0.1, -0.05) is 67.5 Å². The van der Waals surface area contributed by atoms with E-state index in [0.29, 0.717) is 25.7 Å². The molecule has 0 N–H and O–H groups in total. The summed E-state index contributed by atoms with van der Waals surface area (Å²) in [7, 11) is -4.26. The number of fused-ring (bicyclic) bond motifs is 5. The Hall–Kier alpha value is -0.766. The smallest absolute Gasteiger partial charge is 0.306 e. The maximum atomic E-state index is 14.8. The molecule has 43 heavy (non-hydrogen) atoms. The highest BCUT2D eigenvalue weighted by atomic mass is 28.4. The predicted molar refractivity (Wildman–Crippen MR) is 181 cm³/mol. The van der Waals surface area contributed by atoms with Crippen LogP contribution in [-0.4, -0.2) is 46.7 Å². The van der Waals surface area contributed by atoms with Crippen LogP contribution in [-0.2, 0) is 23.2 Å². The highest BCUT2D eigenvalue weighted by Gasteiger charge is 2.55. The van der Waals surface area contributed by atoms with Gasteiger partial charge in [-0.2, -0.15) is 0 Å². The van der Waals surface area contributed by atoms with Gasteiger partial charge in [0, 0.05) is 28.4 Å². The van der Waals surface area contributed by atoms with E-state index in [1.165, 1.54) is 0 Å². The molecule has 3 aliphatic carbocycles. The number of ketones is 1. The molecule has 0 radical (unpaired) electrons. The molecule has 1 heterocycles. The monoisotopic (exact) mass is 635 g/mol. The Labute approximate surface area is 270 Å². The molecule has 2 saturated carbocycles. The summed E-state index contributed by atoms with van der Waals surface area (Å²) in [6, 6.07) is 0. The Kier molecular flexibility index (Phi) is 9.18. The molecule has 7 heteroatoms. The van der Waals surface area contributed by atoms with Gasteiger partial charge in [0.15, 0.2) is 16.6 Å². The van der Waals surface area contributed by atoms with Gasteiger partial charge in [0.2, 0.25) is 0 Å². The van der Waals surface area contributed by atoms with E-state index in [-0.39, 0.29) is 52.2 Å². The van der Waals surface area contributed by atoms with Crippen molar-refractivity contribution >= 4 is 28.4 Å². The Bertz CT molecular complexity index is 1180. The minimum atomic E-state index is -2.48. The maximum Gasteiger partial charge on any atom is 0.306 e. The second-order valence-electron chi connectivity index (χ2n) is 17.2. The van der Waals surface area contributed by atoms with E-state index >= 15 is 0 Å². The number of esters is 1. The van der Waals surface area contributed by atoms with Gasteiger partial charge in [0.05, 0.1) is 6.10 Å². The van der Waals surface area contributed by atoms with Crippen molar-refractivity contribution in [3.63, 3.8) is 0 Å². The van der Waals surface area contributed by atoms with Crippen LogP contribution < -0.4 is 0 Å². The summed E-state index contributed by atoms with van der Waals surface area (Å²) in [6.45, 7) is 26.2. The van der Waals surface area contributed by atoms with Crippen LogP contribution >= 0.6 is 0 Å². The zero-order valence-electron chi connectivity index (χ0n) is 32.3. The Morgan fingerprint density at radius 2 is 1.53 bits per heavy atom. The third kappa shape index (κ3) is 7.46. The molecule has 3 fully saturated rings. The molecule has 0 aromatic heterocycles. The molecule has 1 saturated heterocycles. The second kappa shape index (κ2) is 12.8. The maximum absolute atomic E-state index is 14.8. The van der Waals surface area contributed by atoms with Crippen LogP contribution in [0.1, 0.15) is 111 Å². The summed E-state index contributed by atoms with van der Waals surface area (Å²) in [5, 5.41) is 0.0448. The second-order valence-corrected chi connectivity index (χ2v) is 26.7. The molecular formula is C36H64O5Si2. The third-order valence-corrected chi connectivity index (χ3v) is 21.3. The van der Waals surface area contributed by atoms with Gasteiger partial charge in [0.1, 0.15) is 11.9 Å². The fourth-order valence-electron chi connectivity index (χ4n) is 7.48. The fourth-order valence-corrected chi connectivity index (χ4v) is 10.3. The first-order valence-corrected chi connectivity index (χ1v) is 23.0. The number of hydrogen-bond acceptors (Lipinski definition) is 5. The molecule has 4 rings (SSSR count). The number of hydrogen-bond donors (Lipinski definition) is 0. The summed E-state index contributed by atoms with van der Waals surface area (Å²) in [6.07, 6.45) is 5.63. The number of rotatable bonds is 5. The number of allylic oxidation sites excluding steroid dienone is 2. The number of Topliss-reactive ketones (excluding diaryl/α,β-unsaturated/α-hetero) is 1. The minimum Gasteiger partial charge on any atom is -0.462 e. The Morgan fingerprint density at radius 3 is 2.14 bits per heavy atom. The van der Waals surface area contributed by atoms with Gasteiger partial charge in [-0.05, 0) is 111 Å². The lowest BCUT2D eigenvalue weighted by Crippen LogP contribution is -2.47. The standard InChI is InChI=1S/C36H64O5Si2/c1-13-25-15-14-16-32(41-43(11,12)36(6,7)8)23(2)34(38)31-21-29-27(30(31)22-33(37)39-25)18-17-24-19-26(20-28(24)29)40-42(9,10)35(3,4)5/h17-18,23-32H,13-16,19-22H2,1-12H3/t23-,24+,25+,26+,27+,28+,29+,30-,31+,32+/m0/s1/i22D2,31D. The third-order valence-electron chi connectivity index (χ3n) is 12.3. The summed E-state index contributed by atoms with van der Waals surface area (Å²) in [4.78, 5) is 28.5. The fraction of sp³-hybridized carbons (Fsp3) is 0.889. The number of ether oxygens (including phenoxy) is 1. The van der Waals surface area contributed by atoms with E-state index < -0.39 is 58.7 Å². The Balaban J connectivity index is 1.74. The topological polar surface area (TPSA) is 61.8 Å². The summed E-state index contributed by atoms with van der Waals surface area (Å²) in [5.41, 5.74) is 0. The molecule has 0 unspecified atom stereocenters. The van der Waals surface area contributed by atoms with Crippen LogP contribution in [0.4, 0.5) is 0 Å². The molecule has 4 aliphatic rings. The highest BCUT2D eigenvalue weighted by molar-refractivity contribution is 6.74. The molecule has 0 aromatic rings. The first-order chi connectivity index (χ1) is 20.9. The first kappa shape index (κ1) is 30.9. The van der Waals surface area contributed by atoms with Gasteiger partial charge in [-0.25, -0.2) is 0 Å². The van der Waals surface area contributed by atoms with Crippen LogP contribution in [0.3, 0.4) is 0 Å². The van der Waals surface area contributed by atoms with Crippen molar-refractivity contribution in [2.75, 3.05) is 0 Å². The quantitative estimate of drug-likeness (QED) is 0.171. The summed E-state index contributed by atoms with van der Waals surface area (Å²) >= 11 is 0. The normalized spacial score (nSPS) is 42.0. The predicted octanol–water partition coefficient (Wildman–Crippen LogP) is 9.33. The molecule has 0 bridgehead atoms. The molecular weight excluding hydrogens is 569 g/mol. The molecule has 10 atom stereocenters. The lowest BCUT2D eigenvalue weighted by atomic mass is 9.71. The molecule has 0 amide bonds. The molecule has 246 valence electrons. The number of carbonyl (C=O) groups is 2. The number of cyclic esters (lactones) is 1. The van der Waals surface area contributed by atoms with Crippen molar-refractivity contribution in [3.05, 3.63) is 12.2 Å². The van der Waals surface area contributed by atoms with Crippen molar-refractivity contribution in [1.29, 1.82) is 0 Å². The van der Waals surface area contributed by atoms with E-state index in [0.717, 1.165) is 12.8 Å². The van der Waals surface area contributed by atoms with E-state index in [4.69, 9.17) is 13.6 Å². The lowest BCUT2D eigenvalue weighted by molar-refractivity contribution is -0.152. The van der Waals surface area contributed by atoms with Gasteiger partial charge in [-0.15, -0.1) is 0 Å². The van der Waals surface area contributed by atoms with Crippen LogP contribution in [0.2, 0.25) is 36.3 Å². The van der Waals surface area contributed by atoms with Crippen LogP contribution in [0.15, 0.2) is 12.2 Å². The summed E-state index contributed by atoms with van der Waals surface area (Å²) < 4.78 is 48.3. The van der Waals surface area contributed by atoms with E-state index in [9.17, 15) is 13.7 Å². The van der Waals surface area contributed by atoms with Crippen molar-refractivity contribution < 1.29 is 27.3 Å².